The lowest BCUT2D eigenvalue weighted by Gasteiger charge is -1.93. The molecule has 0 aliphatic carbocycles. The number of hydrogen-bond acceptors (Lipinski definition) is 2. The lowest BCUT2D eigenvalue weighted by Crippen LogP contribution is -2.21. The van der Waals surface area contributed by atoms with Crippen LogP contribution in [0.15, 0.2) is 30.5 Å². The van der Waals surface area contributed by atoms with Crippen LogP contribution in [-0.2, 0) is 4.79 Å². The maximum atomic E-state index is 10.6. The lowest BCUT2D eigenvalue weighted by atomic mass is 10.2. The van der Waals surface area contributed by atoms with Gasteiger partial charge in [-0.15, -0.1) is 0 Å². The number of halogens is 3. The third kappa shape index (κ3) is 3.40. The molecule has 2 rings (SSSR count). The molecule has 17 heavy (non-hydrogen) atoms. The van der Waals surface area contributed by atoms with Gasteiger partial charge in [-0.2, -0.15) is 13.2 Å². The van der Waals surface area contributed by atoms with E-state index in [0.717, 1.165) is 16.6 Å². The van der Waals surface area contributed by atoms with E-state index in [1.807, 2.05) is 30.5 Å². The van der Waals surface area contributed by atoms with E-state index in [2.05, 4.69) is 4.98 Å². The van der Waals surface area contributed by atoms with Gasteiger partial charge in [0, 0.05) is 17.1 Å². The van der Waals surface area contributed by atoms with Crippen LogP contribution in [0.25, 0.3) is 10.9 Å². The third-order valence-electron chi connectivity index (χ3n) is 1.86. The highest BCUT2D eigenvalue weighted by Gasteiger charge is 2.38. The molecule has 0 aliphatic heterocycles. The molecule has 7 heteroatoms. The van der Waals surface area contributed by atoms with Crippen LogP contribution < -0.4 is 5.73 Å². The number of aromatic amines is 1. The van der Waals surface area contributed by atoms with Gasteiger partial charge in [0.25, 0.3) is 0 Å². The molecule has 4 nitrogen and oxygen atoms in total. The SMILES string of the molecule is Nc1c[nH]c2ccccc12.O=C(O)C(F)(F)F. The fourth-order valence-electron chi connectivity index (χ4n) is 1.09. The average Bonchev–Trinajstić information content (AvgIpc) is 2.61. The van der Waals surface area contributed by atoms with Gasteiger partial charge in [-0.3, -0.25) is 0 Å². The van der Waals surface area contributed by atoms with Gasteiger partial charge >= 0.3 is 12.1 Å². The number of hydrogen-bond donors (Lipinski definition) is 3. The monoisotopic (exact) mass is 246 g/mol. The van der Waals surface area contributed by atoms with Gasteiger partial charge in [0.2, 0.25) is 0 Å². The summed E-state index contributed by atoms with van der Waals surface area (Å²) in [5.74, 6) is -2.76. The van der Waals surface area contributed by atoms with Crippen molar-refractivity contribution in [1.29, 1.82) is 0 Å². The van der Waals surface area contributed by atoms with Crippen molar-refractivity contribution in [2.24, 2.45) is 0 Å². The highest BCUT2D eigenvalue weighted by molar-refractivity contribution is 5.90. The first-order valence-corrected chi connectivity index (χ1v) is 4.44. The largest absolute Gasteiger partial charge is 0.490 e. The van der Waals surface area contributed by atoms with E-state index in [4.69, 9.17) is 15.6 Å². The number of aliphatic carboxylic acids is 1. The van der Waals surface area contributed by atoms with Crippen molar-refractivity contribution < 1.29 is 23.1 Å². The van der Waals surface area contributed by atoms with Crippen LogP contribution in [0.2, 0.25) is 0 Å². The Morgan fingerprint density at radius 3 is 2.29 bits per heavy atom. The van der Waals surface area contributed by atoms with Crippen LogP contribution in [0, 0.1) is 0 Å². The molecule has 0 saturated heterocycles. The van der Waals surface area contributed by atoms with Crippen molar-refractivity contribution in [3.8, 4) is 0 Å². The Hall–Kier alpha value is -2.18. The number of benzene rings is 1. The number of nitrogens with two attached hydrogens (primary N) is 1. The lowest BCUT2D eigenvalue weighted by molar-refractivity contribution is -0.192. The minimum atomic E-state index is -5.08. The molecular formula is C10H9F3N2O2. The van der Waals surface area contributed by atoms with E-state index in [9.17, 15) is 13.2 Å². The smallest absolute Gasteiger partial charge is 0.475 e. The summed E-state index contributed by atoms with van der Waals surface area (Å²) < 4.78 is 31.7. The first-order valence-electron chi connectivity index (χ1n) is 4.44. The highest BCUT2D eigenvalue weighted by Crippen LogP contribution is 2.18. The Balaban J connectivity index is 0.000000185. The van der Waals surface area contributed by atoms with Gasteiger partial charge in [0.05, 0.1) is 5.69 Å². The second-order valence-electron chi connectivity index (χ2n) is 3.09. The number of H-pyrrole nitrogens is 1. The number of alkyl halides is 3. The van der Waals surface area contributed by atoms with Gasteiger partial charge in [-0.25, -0.2) is 4.79 Å². The fourth-order valence-corrected chi connectivity index (χ4v) is 1.09. The van der Waals surface area contributed by atoms with Gasteiger partial charge in [0.1, 0.15) is 0 Å². The summed E-state index contributed by atoms with van der Waals surface area (Å²) in [4.78, 5) is 12.0. The zero-order valence-corrected chi connectivity index (χ0v) is 8.45. The summed E-state index contributed by atoms with van der Waals surface area (Å²) in [5, 5.41) is 8.22. The zero-order valence-electron chi connectivity index (χ0n) is 8.45. The summed E-state index contributed by atoms with van der Waals surface area (Å²) >= 11 is 0. The molecule has 1 aromatic carbocycles. The van der Waals surface area contributed by atoms with Gasteiger partial charge < -0.3 is 15.8 Å². The molecule has 0 radical (unpaired) electrons. The molecule has 0 unspecified atom stereocenters. The second kappa shape index (κ2) is 4.77. The average molecular weight is 246 g/mol. The Kier molecular flexibility index (Phi) is 3.62. The van der Waals surface area contributed by atoms with E-state index in [1.165, 1.54) is 0 Å². The van der Waals surface area contributed by atoms with E-state index in [0.29, 0.717) is 0 Å². The van der Waals surface area contributed by atoms with Crippen molar-refractivity contribution in [1.82, 2.24) is 4.98 Å². The number of carbonyl (C=O) groups is 1. The molecule has 0 fully saturated rings. The van der Waals surface area contributed by atoms with Crippen LogP contribution in [0.1, 0.15) is 0 Å². The fraction of sp³-hybridized carbons (Fsp3) is 0.100. The van der Waals surface area contributed by atoms with Crippen molar-refractivity contribution in [2.75, 3.05) is 5.73 Å². The molecule has 1 heterocycles. The Bertz CT molecular complexity index is 519. The predicted octanol–water partition coefficient (Wildman–Crippen LogP) is 2.38. The summed E-state index contributed by atoms with van der Waals surface area (Å²) in [6.07, 6.45) is -3.27. The summed E-state index contributed by atoms with van der Waals surface area (Å²) in [5.41, 5.74) is 7.56. The molecule has 1 aromatic heterocycles. The normalized spacial score (nSPS) is 10.8. The first kappa shape index (κ1) is 12.9. The molecule has 92 valence electrons. The van der Waals surface area contributed by atoms with Gasteiger partial charge in [-0.1, -0.05) is 18.2 Å². The summed E-state index contributed by atoms with van der Waals surface area (Å²) in [6.45, 7) is 0. The van der Waals surface area contributed by atoms with Crippen molar-refractivity contribution >= 4 is 22.6 Å². The number of carboxylic acid groups (broad SMARTS) is 1. The number of aromatic nitrogens is 1. The van der Waals surface area contributed by atoms with E-state index < -0.39 is 12.1 Å². The van der Waals surface area contributed by atoms with Gasteiger partial charge in [0.15, 0.2) is 0 Å². The number of nitrogen functional groups attached to an aromatic ring is 1. The van der Waals surface area contributed by atoms with E-state index in [-0.39, 0.29) is 0 Å². The Morgan fingerprint density at radius 1 is 1.29 bits per heavy atom. The van der Waals surface area contributed by atoms with Gasteiger partial charge in [-0.05, 0) is 6.07 Å². The topological polar surface area (TPSA) is 79.1 Å². The van der Waals surface area contributed by atoms with Crippen LogP contribution >= 0.6 is 0 Å². The molecule has 0 aliphatic rings. The number of rotatable bonds is 0. The standard InChI is InChI=1S/C8H8N2.C2HF3O2/c9-7-5-10-8-4-2-1-3-6(7)8;3-2(4,5)1(6)7/h1-5,10H,9H2;(H,6,7). The maximum Gasteiger partial charge on any atom is 0.490 e. The molecule has 0 spiro atoms. The predicted molar refractivity (Wildman–Crippen MR) is 56.4 cm³/mol. The van der Waals surface area contributed by atoms with Crippen LogP contribution in [-0.4, -0.2) is 22.2 Å². The third-order valence-corrected chi connectivity index (χ3v) is 1.86. The quantitative estimate of drug-likeness (QED) is 0.667. The van der Waals surface area contributed by atoms with Crippen LogP contribution in [0.5, 0.6) is 0 Å². The highest BCUT2D eigenvalue weighted by atomic mass is 19.4. The minimum absolute atomic E-state index is 0.815. The summed E-state index contributed by atoms with van der Waals surface area (Å²) in [7, 11) is 0. The molecule has 4 N–H and O–H groups in total. The number of fused-ring (bicyclic) bond motifs is 1. The number of anilines is 1. The van der Waals surface area contributed by atoms with Crippen LogP contribution in [0.3, 0.4) is 0 Å². The molecular weight excluding hydrogens is 237 g/mol. The minimum Gasteiger partial charge on any atom is -0.475 e. The van der Waals surface area contributed by atoms with E-state index in [1.54, 1.807) is 0 Å². The number of para-hydroxylation sites is 1. The Morgan fingerprint density at radius 2 is 1.82 bits per heavy atom. The molecule has 0 bridgehead atoms. The number of carboxylic acids is 1. The van der Waals surface area contributed by atoms with Crippen molar-refractivity contribution in [2.45, 2.75) is 6.18 Å². The Labute approximate surface area is 93.9 Å². The van der Waals surface area contributed by atoms with Crippen molar-refractivity contribution in [3.63, 3.8) is 0 Å². The molecule has 0 amide bonds. The first-order chi connectivity index (χ1) is 7.82. The van der Waals surface area contributed by atoms with Crippen LogP contribution in [0.4, 0.5) is 18.9 Å². The maximum absolute atomic E-state index is 10.6. The van der Waals surface area contributed by atoms with E-state index >= 15 is 0 Å². The number of nitrogens with one attached hydrogen (secondary N) is 1. The molecule has 0 atom stereocenters. The summed E-state index contributed by atoms with van der Waals surface area (Å²) in [6, 6.07) is 7.97. The second-order valence-corrected chi connectivity index (χ2v) is 3.09. The zero-order chi connectivity index (χ0) is 13.1. The molecule has 2 aromatic rings. The van der Waals surface area contributed by atoms with Crippen molar-refractivity contribution in [3.05, 3.63) is 30.5 Å². The molecule has 0 saturated carbocycles.